The molecule has 1 atom stereocenters. The van der Waals surface area contributed by atoms with Crippen LogP contribution in [0.4, 0.5) is 0 Å². The molecule has 41 heavy (non-hydrogen) atoms. The van der Waals surface area contributed by atoms with E-state index in [9.17, 15) is 0 Å². The van der Waals surface area contributed by atoms with Crippen LogP contribution in [0.15, 0.2) is 127 Å². The van der Waals surface area contributed by atoms with Crippen molar-refractivity contribution in [1.82, 2.24) is 4.57 Å². The second kappa shape index (κ2) is 9.34. The molecule has 0 N–H and O–H groups in total. The fourth-order valence-corrected chi connectivity index (χ4v) is 8.34. The molecule has 2 aromatic heterocycles. The predicted octanol–water partition coefficient (Wildman–Crippen LogP) is 10.8. The Morgan fingerprint density at radius 2 is 1.49 bits per heavy atom. The first-order valence-electron chi connectivity index (χ1n) is 13.9. The maximum Gasteiger partial charge on any atom is 0.107 e. The zero-order valence-electron chi connectivity index (χ0n) is 22.6. The predicted molar refractivity (Wildman–Crippen MR) is 183 cm³/mol. The number of halogens is 1. The van der Waals surface area contributed by atoms with E-state index in [1.165, 1.54) is 69.9 Å². The Morgan fingerprint density at radius 1 is 0.707 bits per heavy atom. The van der Waals surface area contributed by atoms with E-state index in [0.29, 0.717) is 0 Å². The normalized spacial score (nSPS) is 17.4. The largest absolute Gasteiger partial charge is 0.309 e. The first kappa shape index (κ1) is 24.9. The van der Waals surface area contributed by atoms with Crippen molar-refractivity contribution in [2.75, 3.05) is 0 Å². The summed E-state index contributed by atoms with van der Waals surface area (Å²) in [6.07, 6.45) is 5.00. The molecular weight excluding hydrogens is 581 g/mol. The summed E-state index contributed by atoms with van der Waals surface area (Å²) in [7, 11) is 6.14. The first-order valence-corrected chi connectivity index (χ1v) is 15.5. The average molecular weight is 606 g/mol. The van der Waals surface area contributed by atoms with Gasteiger partial charge in [-0.2, -0.15) is 0 Å². The highest BCUT2D eigenvalue weighted by atomic mass is 79.9. The van der Waals surface area contributed by atoms with E-state index in [1.807, 2.05) is 17.4 Å². The molecule has 2 heterocycles. The van der Waals surface area contributed by atoms with Gasteiger partial charge in [0, 0.05) is 36.6 Å². The zero-order chi connectivity index (χ0) is 27.7. The number of fused-ring (bicyclic) bond motifs is 6. The van der Waals surface area contributed by atoms with Gasteiger partial charge in [0.1, 0.15) is 7.85 Å². The van der Waals surface area contributed by atoms with Crippen molar-refractivity contribution in [1.29, 1.82) is 0 Å². The summed E-state index contributed by atoms with van der Waals surface area (Å²) >= 11 is 5.81. The Hall–Kier alpha value is -3.86. The molecule has 5 aromatic carbocycles. The average Bonchev–Trinajstić information content (AvgIpc) is 3.52. The van der Waals surface area contributed by atoms with Crippen LogP contribution in [0.5, 0.6) is 0 Å². The van der Waals surface area contributed by atoms with E-state index >= 15 is 0 Å². The monoisotopic (exact) mass is 605 g/mol. The van der Waals surface area contributed by atoms with Crippen molar-refractivity contribution < 1.29 is 0 Å². The number of rotatable bonds is 3. The molecule has 0 bridgehead atoms. The van der Waals surface area contributed by atoms with Gasteiger partial charge in [0.15, 0.2) is 0 Å². The van der Waals surface area contributed by atoms with Crippen molar-refractivity contribution in [2.45, 2.75) is 17.7 Å². The molecule has 2 radical (unpaired) electrons. The molecule has 0 saturated carbocycles. The maximum absolute atomic E-state index is 6.14. The molecule has 4 heteroatoms. The molecule has 7 aromatic rings. The summed E-state index contributed by atoms with van der Waals surface area (Å²) in [6.45, 7) is 2.20. The van der Waals surface area contributed by atoms with Crippen LogP contribution in [0.2, 0.25) is 0 Å². The van der Waals surface area contributed by atoms with E-state index in [2.05, 4.69) is 143 Å². The Kier molecular flexibility index (Phi) is 5.67. The van der Waals surface area contributed by atoms with Crippen LogP contribution in [0.3, 0.4) is 0 Å². The van der Waals surface area contributed by atoms with Crippen molar-refractivity contribution in [3.8, 4) is 16.8 Å². The van der Waals surface area contributed by atoms with Gasteiger partial charge in [0.05, 0.1) is 15.4 Å². The van der Waals surface area contributed by atoms with Crippen molar-refractivity contribution in [3.63, 3.8) is 0 Å². The van der Waals surface area contributed by atoms with Crippen LogP contribution in [-0.4, -0.2) is 16.7 Å². The SMILES string of the molecule is [B]C1=CC=C(c2ccc3sc4cc(-c5cccc6c5c5ccccc5n6-c5ccccc5)ccc4c3c2)C(C)(Br)C1. The van der Waals surface area contributed by atoms with Crippen LogP contribution in [-0.2, 0) is 0 Å². The molecule has 1 nitrogen and oxygen atoms in total. The Morgan fingerprint density at radius 3 is 2.34 bits per heavy atom. The van der Waals surface area contributed by atoms with Crippen LogP contribution >= 0.6 is 27.3 Å². The Balaban J connectivity index is 1.31. The summed E-state index contributed by atoms with van der Waals surface area (Å²) in [5.74, 6) is 0. The number of para-hydroxylation sites is 2. The van der Waals surface area contributed by atoms with Gasteiger partial charge in [-0.15, -0.1) is 16.8 Å². The molecule has 0 spiro atoms. The van der Waals surface area contributed by atoms with Crippen molar-refractivity contribution in [2.24, 2.45) is 0 Å². The fraction of sp³-hybridized carbons (Fsp3) is 0.0811. The van der Waals surface area contributed by atoms with E-state index < -0.39 is 0 Å². The molecule has 0 amide bonds. The number of nitrogens with zero attached hydrogens (tertiary/aromatic N) is 1. The number of allylic oxidation sites excluding steroid dienone is 4. The summed E-state index contributed by atoms with van der Waals surface area (Å²) in [5.41, 5.74) is 9.55. The van der Waals surface area contributed by atoms with Gasteiger partial charge in [-0.3, -0.25) is 0 Å². The Bertz CT molecular complexity index is 2210. The summed E-state index contributed by atoms with van der Waals surface area (Å²) in [6, 6.07) is 39.9. The highest BCUT2D eigenvalue weighted by Gasteiger charge is 2.29. The molecule has 0 saturated heterocycles. The van der Waals surface area contributed by atoms with Gasteiger partial charge >= 0.3 is 0 Å². The second-order valence-corrected chi connectivity index (χ2v) is 13.9. The third-order valence-corrected chi connectivity index (χ3v) is 10.2. The number of aromatic nitrogens is 1. The number of benzene rings is 5. The van der Waals surface area contributed by atoms with Crippen molar-refractivity contribution in [3.05, 3.63) is 132 Å². The zero-order valence-corrected chi connectivity index (χ0v) is 25.0. The van der Waals surface area contributed by atoms with Gasteiger partial charge in [-0.1, -0.05) is 94.8 Å². The minimum absolute atomic E-state index is 0.171. The molecule has 0 aliphatic heterocycles. The van der Waals surface area contributed by atoms with Gasteiger partial charge in [-0.05, 0) is 78.1 Å². The summed E-state index contributed by atoms with van der Waals surface area (Å²) < 4.78 is 4.83. The smallest absolute Gasteiger partial charge is 0.107 e. The van der Waals surface area contributed by atoms with Gasteiger partial charge in [0.25, 0.3) is 0 Å². The van der Waals surface area contributed by atoms with Crippen molar-refractivity contribution >= 4 is 82.7 Å². The lowest BCUT2D eigenvalue weighted by molar-refractivity contribution is 0.825. The molecule has 1 aliphatic carbocycles. The van der Waals surface area contributed by atoms with Crippen LogP contribution in [0, 0.1) is 0 Å². The highest BCUT2D eigenvalue weighted by molar-refractivity contribution is 9.10. The summed E-state index contributed by atoms with van der Waals surface area (Å²) in [4.78, 5) is 0. The lowest BCUT2D eigenvalue weighted by atomic mass is 9.77. The molecule has 8 rings (SSSR count). The number of alkyl halides is 1. The number of thiophene rings is 1. The quantitative estimate of drug-likeness (QED) is 0.139. The minimum atomic E-state index is -0.171. The van der Waals surface area contributed by atoms with Crippen LogP contribution in [0.25, 0.3) is 64.4 Å². The molecule has 0 fully saturated rings. The lowest BCUT2D eigenvalue weighted by Crippen LogP contribution is -2.21. The first-order chi connectivity index (χ1) is 20.0. The third kappa shape index (κ3) is 3.96. The van der Waals surface area contributed by atoms with E-state index in [1.54, 1.807) is 0 Å². The number of hydrogen-bond acceptors (Lipinski definition) is 1. The minimum Gasteiger partial charge on any atom is -0.309 e. The standard InChI is InChI=1S/C37H25BBrNS/c1-37(39)22-25(38)16-18-31(37)24-15-19-34-30(20-24)28-17-14-23(21-35(28)41-34)27-11-7-13-33-36(27)29-10-5-6-12-32(29)40(33)26-8-3-2-4-9-26/h2-21H,22H2,1H3. The van der Waals surface area contributed by atoms with Gasteiger partial charge in [0.2, 0.25) is 0 Å². The second-order valence-electron chi connectivity index (χ2n) is 11.1. The topological polar surface area (TPSA) is 4.93 Å². The maximum atomic E-state index is 6.14. The lowest BCUT2D eigenvalue weighted by Gasteiger charge is -2.30. The Labute approximate surface area is 253 Å². The van der Waals surface area contributed by atoms with E-state index in [-0.39, 0.29) is 4.32 Å². The number of hydrogen-bond donors (Lipinski definition) is 0. The van der Waals surface area contributed by atoms with Crippen LogP contribution in [0.1, 0.15) is 18.9 Å². The fourth-order valence-electron chi connectivity index (χ4n) is 6.53. The molecular formula is C37H25BBrNS. The van der Waals surface area contributed by atoms with Gasteiger partial charge in [-0.25, -0.2) is 0 Å². The molecule has 1 unspecified atom stereocenters. The molecule has 194 valence electrons. The van der Waals surface area contributed by atoms with E-state index in [4.69, 9.17) is 7.85 Å². The molecule has 1 aliphatic rings. The summed E-state index contributed by atoms with van der Waals surface area (Å²) in [5, 5.41) is 5.18. The van der Waals surface area contributed by atoms with Crippen LogP contribution < -0.4 is 0 Å². The highest BCUT2D eigenvalue weighted by Crippen LogP contribution is 2.45. The van der Waals surface area contributed by atoms with Gasteiger partial charge < -0.3 is 4.57 Å². The third-order valence-electron chi connectivity index (χ3n) is 8.37. The van der Waals surface area contributed by atoms with E-state index in [0.717, 1.165) is 11.9 Å².